The van der Waals surface area contributed by atoms with Crippen LogP contribution in [0.4, 0.5) is 13.2 Å². The number of hydrogen-bond acceptors (Lipinski definition) is 8. The van der Waals surface area contributed by atoms with Gasteiger partial charge in [-0.15, -0.1) is 0 Å². The fourth-order valence-electron chi connectivity index (χ4n) is 2.94. The number of halogens is 3. The van der Waals surface area contributed by atoms with Gasteiger partial charge in [-0.1, -0.05) is 0 Å². The summed E-state index contributed by atoms with van der Waals surface area (Å²) in [6.45, 7) is 1.38. The number of thioether (sulfide) groups is 1. The molecule has 1 aliphatic rings. The number of piperazine rings is 1. The van der Waals surface area contributed by atoms with Crippen LogP contribution in [0.5, 0.6) is 0 Å². The van der Waals surface area contributed by atoms with E-state index >= 15 is 0 Å². The summed E-state index contributed by atoms with van der Waals surface area (Å²) in [6.07, 6.45) is 1.16. The van der Waals surface area contributed by atoms with Crippen LogP contribution >= 0.6 is 11.8 Å². The first-order valence-electron chi connectivity index (χ1n) is 9.30. The highest BCUT2D eigenvalue weighted by Crippen LogP contribution is 2.37. The third kappa shape index (κ3) is 5.42. The Bertz CT molecular complexity index is 1100. The average Bonchev–Trinajstić information content (AvgIpc) is 3.24. The van der Waals surface area contributed by atoms with Crippen molar-refractivity contribution in [2.45, 2.75) is 22.6 Å². The minimum absolute atomic E-state index is 0.0471. The number of carbonyl (C=O) groups is 2. The normalized spacial score (nSPS) is 15.6. The van der Waals surface area contributed by atoms with Crippen LogP contribution in [0.3, 0.4) is 0 Å². The SMILES string of the molecule is CCOC(=O)c1ccc(S(=O)(=O)N2CCN(C(=O)c3cccnc3SC(F)(F)F)CC2)o1. The molecule has 174 valence electrons. The molecule has 0 saturated carbocycles. The van der Waals surface area contributed by atoms with Gasteiger partial charge in [0.25, 0.3) is 15.9 Å². The van der Waals surface area contributed by atoms with E-state index in [1.54, 1.807) is 6.92 Å². The number of furan rings is 1. The van der Waals surface area contributed by atoms with Gasteiger partial charge in [0, 0.05) is 44.1 Å². The minimum Gasteiger partial charge on any atom is -0.460 e. The third-order valence-electron chi connectivity index (χ3n) is 4.39. The molecular weight excluding hydrogens is 475 g/mol. The number of sulfonamides is 1. The van der Waals surface area contributed by atoms with Gasteiger partial charge in [0.15, 0.2) is 0 Å². The Hall–Kier alpha value is -2.58. The first kappa shape index (κ1) is 24.1. The largest absolute Gasteiger partial charge is 0.460 e. The maximum atomic E-state index is 12.8. The average molecular weight is 493 g/mol. The molecule has 0 aromatic carbocycles. The minimum atomic E-state index is -4.61. The highest BCUT2D eigenvalue weighted by Gasteiger charge is 2.36. The van der Waals surface area contributed by atoms with E-state index in [1.807, 2.05) is 0 Å². The van der Waals surface area contributed by atoms with Crippen molar-refractivity contribution in [3.8, 4) is 0 Å². The number of rotatable bonds is 6. The second-order valence-corrected chi connectivity index (χ2v) is 9.36. The van der Waals surface area contributed by atoms with Gasteiger partial charge < -0.3 is 14.1 Å². The van der Waals surface area contributed by atoms with Gasteiger partial charge in [-0.25, -0.2) is 18.2 Å². The van der Waals surface area contributed by atoms with E-state index < -0.39 is 49.3 Å². The fourth-order valence-corrected chi connectivity index (χ4v) is 4.88. The van der Waals surface area contributed by atoms with E-state index in [-0.39, 0.29) is 44.1 Å². The fraction of sp³-hybridized carbons (Fsp3) is 0.389. The van der Waals surface area contributed by atoms with Crippen molar-refractivity contribution in [2.75, 3.05) is 32.8 Å². The summed E-state index contributed by atoms with van der Waals surface area (Å²) in [5.74, 6) is -1.73. The van der Waals surface area contributed by atoms with Crippen molar-refractivity contribution >= 4 is 33.7 Å². The van der Waals surface area contributed by atoms with Crippen LogP contribution in [0, 0.1) is 0 Å². The Morgan fingerprint density at radius 3 is 2.50 bits per heavy atom. The van der Waals surface area contributed by atoms with Crippen LogP contribution < -0.4 is 0 Å². The number of alkyl halides is 3. The van der Waals surface area contributed by atoms with Crippen LogP contribution in [-0.4, -0.2) is 72.8 Å². The lowest BCUT2D eigenvalue weighted by Gasteiger charge is -2.33. The lowest BCUT2D eigenvalue weighted by Crippen LogP contribution is -2.50. The molecule has 0 bridgehead atoms. The van der Waals surface area contributed by atoms with Crippen LogP contribution in [0.1, 0.15) is 27.8 Å². The number of esters is 1. The first-order chi connectivity index (χ1) is 15.0. The highest BCUT2D eigenvalue weighted by atomic mass is 32.2. The standard InChI is InChI=1S/C18H18F3N3O6S2/c1-2-29-17(26)13-5-6-14(30-13)32(27,28)24-10-8-23(9-11-24)16(25)12-4-3-7-22-15(12)31-18(19,20)21/h3-7H,2,8-11H2,1H3. The van der Waals surface area contributed by atoms with E-state index in [9.17, 15) is 31.2 Å². The molecule has 0 radical (unpaired) electrons. The Morgan fingerprint density at radius 2 is 1.88 bits per heavy atom. The molecule has 14 heteroatoms. The second kappa shape index (κ2) is 9.50. The van der Waals surface area contributed by atoms with Crippen LogP contribution in [-0.2, 0) is 14.8 Å². The summed E-state index contributed by atoms with van der Waals surface area (Å²) in [5, 5.41) is -0.918. The molecule has 3 heterocycles. The molecule has 2 aromatic rings. The maximum Gasteiger partial charge on any atom is 0.447 e. The number of carbonyl (C=O) groups excluding carboxylic acids is 2. The van der Waals surface area contributed by atoms with Gasteiger partial charge in [0.05, 0.1) is 12.2 Å². The summed E-state index contributed by atoms with van der Waals surface area (Å²) < 4.78 is 74.8. The molecule has 3 rings (SSSR count). The van der Waals surface area contributed by atoms with Crippen molar-refractivity contribution in [3.05, 3.63) is 41.8 Å². The zero-order valence-electron chi connectivity index (χ0n) is 16.7. The summed E-state index contributed by atoms with van der Waals surface area (Å²) >= 11 is -0.485. The summed E-state index contributed by atoms with van der Waals surface area (Å²) in [6, 6.07) is 4.92. The lowest BCUT2D eigenvalue weighted by molar-refractivity contribution is -0.0329. The summed E-state index contributed by atoms with van der Waals surface area (Å²) in [5.41, 5.74) is -4.82. The van der Waals surface area contributed by atoms with E-state index in [4.69, 9.17) is 9.15 Å². The topological polar surface area (TPSA) is 110 Å². The van der Waals surface area contributed by atoms with Crippen molar-refractivity contribution in [1.29, 1.82) is 0 Å². The molecule has 1 aliphatic heterocycles. The van der Waals surface area contributed by atoms with Gasteiger partial charge >= 0.3 is 11.5 Å². The van der Waals surface area contributed by atoms with Crippen molar-refractivity contribution in [2.24, 2.45) is 0 Å². The number of aromatic nitrogens is 1. The third-order valence-corrected chi connectivity index (χ3v) is 6.91. The van der Waals surface area contributed by atoms with Gasteiger partial charge in [-0.2, -0.15) is 17.5 Å². The Balaban J connectivity index is 1.69. The smallest absolute Gasteiger partial charge is 0.447 e. The predicted molar refractivity (Wildman–Crippen MR) is 105 cm³/mol. The first-order valence-corrected chi connectivity index (χ1v) is 11.6. The number of hydrogen-bond donors (Lipinski definition) is 0. The molecule has 0 aliphatic carbocycles. The number of amides is 1. The molecule has 32 heavy (non-hydrogen) atoms. The Labute approximate surface area is 185 Å². The van der Waals surface area contributed by atoms with Gasteiger partial charge in [0.2, 0.25) is 10.9 Å². The van der Waals surface area contributed by atoms with E-state index in [0.29, 0.717) is 0 Å². The van der Waals surface area contributed by atoms with Gasteiger partial charge in [-0.3, -0.25) is 4.79 Å². The van der Waals surface area contributed by atoms with Gasteiger partial charge in [-0.05, 0) is 31.2 Å². The lowest BCUT2D eigenvalue weighted by atomic mass is 10.2. The zero-order valence-corrected chi connectivity index (χ0v) is 18.3. The monoisotopic (exact) mass is 493 g/mol. The number of nitrogens with zero attached hydrogens (tertiary/aromatic N) is 3. The Kier molecular flexibility index (Phi) is 7.15. The summed E-state index contributed by atoms with van der Waals surface area (Å²) in [4.78, 5) is 29.3. The van der Waals surface area contributed by atoms with Gasteiger partial charge in [0.1, 0.15) is 5.03 Å². The molecular formula is C18H18F3N3O6S2. The van der Waals surface area contributed by atoms with Crippen molar-refractivity contribution in [3.63, 3.8) is 0 Å². The molecule has 1 amide bonds. The quantitative estimate of drug-likeness (QED) is 0.446. The van der Waals surface area contributed by atoms with Crippen molar-refractivity contribution in [1.82, 2.24) is 14.2 Å². The zero-order chi connectivity index (χ0) is 23.5. The van der Waals surface area contributed by atoms with E-state index in [2.05, 4.69) is 4.98 Å². The number of ether oxygens (including phenoxy) is 1. The van der Waals surface area contributed by atoms with Crippen LogP contribution in [0.15, 0.2) is 45.0 Å². The molecule has 0 spiro atoms. The van der Waals surface area contributed by atoms with E-state index in [0.717, 1.165) is 16.6 Å². The molecule has 9 nitrogen and oxygen atoms in total. The summed E-state index contributed by atoms with van der Waals surface area (Å²) in [7, 11) is -4.08. The Morgan fingerprint density at radius 1 is 1.19 bits per heavy atom. The predicted octanol–water partition coefficient (Wildman–Crippen LogP) is 2.61. The molecule has 1 saturated heterocycles. The highest BCUT2D eigenvalue weighted by molar-refractivity contribution is 8.00. The second-order valence-electron chi connectivity index (χ2n) is 6.44. The molecule has 0 unspecified atom stereocenters. The van der Waals surface area contributed by atoms with E-state index in [1.165, 1.54) is 23.1 Å². The molecule has 2 aromatic heterocycles. The maximum absolute atomic E-state index is 12.8. The molecule has 0 N–H and O–H groups in total. The molecule has 0 atom stereocenters. The molecule has 1 fully saturated rings. The van der Waals surface area contributed by atoms with Crippen LogP contribution in [0.2, 0.25) is 0 Å². The number of pyridine rings is 1. The van der Waals surface area contributed by atoms with Crippen LogP contribution in [0.25, 0.3) is 0 Å². The van der Waals surface area contributed by atoms with Crippen molar-refractivity contribution < 1.29 is 40.3 Å².